The van der Waals surface area contributed by atoms with Gasteiger partial charge in [-0.2, -0.15) is 0 Å². The van der Waals surface area contributed by atoms with Gasteiger partial charge in [-0.3, -0.25) is 4.79 Å². The number of nitrogens with one attached hydrogen (secondary N) is 1. The number of rotatable bonds is 71. The molecule has 0 radical (unpaired) electrons. The number of aliphatic hydroxyl groups is 4. The molecule has 4 unspecified atom stereocenters. The Kier molecular flexibility index (Phi) is 70.0. The third-order valence-corrected chi connectivity index (χ3v) is 18.1. The zero-order chi connectivity index (χ0) is 60.1. The van der Waals surface area contributed by atoms with Crippen LogP contribution in [0.4, 0.5) is 0 Å². The average molecular weight is 1170 g/mol. The smallest absolute Gasteiger partial charge is 0.249 e. The van der Waals surface area contributed by atoms with E-state index in [9.17, 15) is 25.2 Å². The first-order valence-electron chi connectivity index (χ1n) is 37.9. The molecule has 0 aromatic rings. The molecule has 6 heteroatoms. The van der Waals surface area contributed by atoms with Crippen LogP contribution in [0.1, 0.15) is 418 Å². The lowest BCUT2D eigenvalue weighted by Gasteiger charge is -2.27. The Hall–Kier alpha value is -1.47. The fourth-order valence-corrected chi connectivity index (χ4v) is 12.2. The SMILES string of the molecule is CCCCCCCCCCCCCCCCCCCC/C=C\CCCCCCCCCCCCCCCCCCC(O)C(=O)NC(CO)C(O)C(O)CCC/C=C/CC/C=C/CCCCCCCCCCCCCCCCCCCCCC. The highest BCUT2D eigenvalue weighted by Crippen LogP contribution is 2.20. The molecule has 492 valence electrons. The highest BCUT2D eigenvalue weighted by atomic mass is 16.3. The van der Waals surface area contributed by atoms with Gasteiger partial charge in [0.15, 0.2) is 0 Å². The van der Waals surface area contributed by atoms with E-state index in [1.807, 2.05) is 0 Å². The lowest BCUT2D eigenvalue weighted by molar-refractivity contribution is -0.132. The molecule has 0 aromatic carbocycles. The van der Waals surface area contributed by atoms with Crippen molar-refractivity contribution in [3.63, 3.8) is 0 Å². The van der Waals surface area contributed by atoms with Crippen molar-refractivity contribution < 1.29 is 25.2 Å². The quantitative estimate of drug-likeness (QED) is 0.0308. The number of amides is 1. The molecule has 0 saturated heterocycles. The molecule has 6 nitrogen and oxygen atoms in total. The van der Waals surface area contributed by atoms with E-state index in [-0.39, 0.29) is 0 Å². The van der Waals surface area contributed by atoms with Crippen LogP contribution < -0.4 is 5.32 Å². The zero-order valence-electron chi connectivity index (χ0n) is 56.2. The van der Waals surface area contributed by atoms with Gasteiger partial charge in [0.1, 0.15) is 12.2 Å². The monoisotopic (exact) mass is 1170 g/mol. The minimum atomic E-state index is -1.29. The van der Waals surface area contributed by atoms with Crippen LogP contribution in [-0.4, -0.2) is 57.3 Å². The molecule has 0 aromatic heterocycles. The van der Waals surface area contributed by atoms with Gasteiger partial charge in [0.25, 0.3) is 0 Å². The van der Waals surface area contributed by atoms with Crippen molar-refractivity contribution in [2.45, 2.75) is 443 Å². The van der Waals surface area contributed by atoms with Gasteiger partial charge >= 0.3 is 0 Å². The van der Waals surface area contributed by atoms with Crippen LogP contribution in [0.25, 0.3) is 0 Å². The van der Waals surface area contributed by atoms with Gasteiger partial charge in [0, 0.05) is 0 Å². The van der Waals surface area contributed by atoms with Crippen LogP contribution in [0.2, 0.25) is 0 Å². The predicted octanol–water partition coefficient (Wildman–Crippen LogP) is 23.8. The average Bonchev–Trinajstić information content (AvgIpc) is 3.54. The van der Waals surface area contributed by atoms with E-state index in [0.717, 1.165) is 38.5 Å². The number of hydrogen-bond donors (Lipinski definition) is 5. The van der Waals surface area contributed by atoms with Crippen LogP contribution in [0.5, 0.6) is 0 Å². The minimum absolute atomic E-state index is 0.363. The Morgan fingerprint density at radius 2 is 0.506 bits per heavy atom. The Labute approximate surface area is 519 Å². The number of aliphatic hydroxyl groups excluding tert-OH is 4. The molecule has 1 amide bonds. The second-order valence-electron chi connectivity index (χ2n) is 26.3. The largest absolute Gasteiger partial charge is 0.394 e. The predicted molar refractivity (Wildman–Crippen MR) is 367 cm³/mol. The molecule has 0 fully saturated rings. The lowest BCUT2D eigenvalue weighted by atomic mass is 10.00. The fraction of sp³-hybridized carbons (Fsp3) is 0.909. The highest BCUT2D eigenvalue weighted by Gasteiger charge is 2.28. The molecule has 0 saturated carbocycles. The summed E-state index contributed by atoms with van der Waals surface area (Å²) in [5.41, 5.74) is 0. The molecule has 0 heterocycles. The van der Waals surface area contributed by atoms with Crippen molar-refractivity contribution in [1.29, 1.82) is 0 Å². The summed E-state index contributed by atoms with van der Waals surface area (Å²) >= 11 is 0. The third kappa shape index (κ3) is 64.8. The number of unbranched alkanes of at least 4 members (excludes halogenated alkanes) is 56. The van der Waals surface area contributed by atoms with E-state index < -0.39 is 36.9 Å². The van der Waals surface area contributed by atoms with E-state index in [1.165, 1.54) is 347 Å². The van der Waals surface area contributed by atoms with E-state index >= 15 is 0 Å². The van der Waals surface area contributed by atoms with Gasteiger partial charge in [0.05, 0.1) is 18.8 Å². The van der Waals surface area contributed by atoms with Gasteiger partial charge in [-0.1, -0.05) is 378 Å². The summed E-state index contributed by atoms with van der Waals surface area (Å²) < 4.78 is 0. The van der Waals surface area contributed by atoms with Crippen molar-refractivity contribution in [2.75, 3.05) is 6.61 Å². The first-order valence-corrected chi connectivity index (χ1v) is 37.9. The van der Waals surface area contributed by atoms with Crippen molar-refractivity contribution >= 4 is 5.91 Å². The maximum atomic E-state index is 12.7. The lowest BCUT2D eigenvalue weighted by Crippen LogP contribution is -2.53. The summed E-state index contributed by atoms with van der Waals surface area (Å²) in [6, 6.07) is -1.01. The van der Waals surface area contributed by atoms with E-state index in [1.54, 1.807) is 0 Å². The van der Waals surface area contributed by atoms with E-state index in [2.05, 4.69) is 55.6 Å². The van der Waals surface area contributed by atoms with Crippen molar-refractivity contribution in [1.82, 2.24) is 5.32 Å². The molecule has 0 aliphatic heterocycles. The summed E-state index contributed by atoms with van der Waals surface area (Å²) in [6.07, 6.45) is 93.1. The number of hydrogen-bond acceptors (Lipinski definition) is 5. The second kappa shape index (κ2) is 71.3. The summed E-state index contributed by atoms with van der Waals surface area (Å²) in [6.45, 7) is 4.10. The molecule has 4 atom stereocenters. The van der Waals surface area contributed by atoms with Crippen LogP contribution >= 0.6 is 0 Å². The summed E-state index contributed by atoms with van der Waals surface area (Å²) in [7, 11) is 0. The number of carbonyl (C=O) groups is 1. The Morgan fingerprint density at radius 1 is 0.289 bits per heavy atom. The highest BCUT2D eigenvalue weighted by molar-refractivity contribution is 5.80. The van der Waals surface area contributed by atoms with E-state index in [0.29, 0.717) is 19.3 Å². The number of carbonyl (C=O) groups excluding carboxylic acids is 1. The normalized spacial score (nSPS) is 13.6. The molecular weight excluding hydrogens is 1020 g/mol. The van der Waals surface area contributed by atoms with Crippen molar-refractivity contribution in [2.24, 2.45) is 0 Å². The van der Waals surface area contributed by atoms with Crippen LogP contribution in [-0.2, 0) is 4.79 Å². The third-order valence-electron chi connectivity index (χ3n) is 18.1. The first kappa shape index (κ1) is 81.5. The van der Waals surface area contributed by atoms with Crippen molar-refractivity contribution in [3.8, 4) is 0 Å². The molecule has 0 rings (SSSR count). The van der Waals surface area contributed by atoms with Gasteiger partial charge in [-0.15, -0.1) is 0 Å². The van der Waals surface area contributed by atoms with Crippen LogP contribution in [0.15, 0.2) is 36.5 Å². The van der Waals surface area contributed by atoms with Crippen LogP contribution in [0.3, 0.4) is 0 Å². The topological polar surface area (TPSA) is 110 Å². The number of allylic oxidation sites excluding steroid dienone is 6. The maximum Gasteiger partial charge on any atom is 0.249 e. The van der Waals surface area contributed by atoms with Crippen LogP contribution in [0, 0.1) is 0 Å². The molecular formula is C77H149NO5. The van der Waals surface area contributed by atoms with Gasteiger partial charge in [-0.25, -0.2) is 0 Å². The molecule has 0 spiro atoms. The second-order valence-corrected chi connectivity index (χ2v) is 26.3. The maximum absolute atomic E-state index is 12.7. The fourth-order valence-electron chi connectivity index (χ4n) is 12.2. The Morgan fingerprint density at radius 3 is 0.759 bits per heavy atom. The summed E-state index contributed by atoms with van der Waals surface area (Å²) in [5, 5.41) is 44.2. The van der Waals surface area contributed by atoms with E-state index in [4.69, 9.17) is 0 Å². The van der Waals surface area contributed by atoms with Gasteiger partial charge in [-0.05, 0) is 77.0 Å². The Bertz CT molecular complexity index is 1320. The zero-order valence-corrected chi connectivity index (χ0v) is 56.2. The first-order chi connectivity index (χ1) is 41.0. The van der Waals surface area contributed by atoms with Gasteiger partial charge in [0.2, 0.25) is 5.91 Å². The summed E-state index contributed by atoms with van der Waals surface area (Å²) in [4.78, 5) is 12.7. The summed E-state index contributed by atoms with van der Waals surface area (Å²) in [5.74, 6) is -0.591. The minimum Gasteiger partial charge on any atom is -0.394 e. The Balaban J connectivity index is 3.55. The molecule has 83 heavy (non-hydrogen) atoms. The molecule has 0 aliphatic rings. The molecule has 0 aliphatic carbocycles. The van der Waals surface area contributed by atoms with Gasteiger partial charge < -0.3 is 25.7 Å². The van der Waals surface area contributed by atoms with Crippen molar-refractivity contribution in [3.05, 3.63) is 36.5 Å². The molecule has 5 N–H and O–H groups in total. The standard InChI is InChI=1S/C77H149NO5/c1-3-5-7-9-11-13-15-17-19-21-23-25-27-29-31-33-34-35-36-37-38-39-40-41-43-45-47-49-51-53-55-57-59-61-63-65-67-69-71-75(81)77(83)78-73(72-79)76(82)74(80)70-68-66-64-62-60-58-56-54-52-50-48-46-44-42-32-30-28-26-24-22-20-18-16-14-12-10-8-6-4-2/h37-38,54,56,62,64,73-76,79-82H,3-36,39-53,55,57-61,63,65-72H2,1-2H3,(H,78,83)/b38-37-,56-54+,64-62+. The molecule has 0 bridgehead atoms.